The third kappa shape index (κ3) is 6.98. The topological polar surface area (TPSA) is 282 Å². The van der Waals surface area contributed by atoms with Crippen molar-refractivity contribution in [3.05, 3.63) is 0 Å². The zero-order valence-electron chi connectivity index (χ0n) is 35.1. The lowest BCUT2D eigenvalue weighted by atomic mass is 9.43. The first kappa shape index (κ1) is 45.0. The third-order valence-corrected chi connectivity index (χ3v) is 17.3. The molecule has 4 aliphatic carbocycles. The molecule has 24 atom stereocenters. The molecule has 5 aliphatic heterocycles. The standard InChI is InChI=1S/C42H66O19/c1-18-33(60-37-31(50)29(48)34(24(15-44)59-37)61-36-30(49)28(47)27(46)23(14-43)58-36)35(53-3)32(51)38(56-18)57-20-6-9-39(2)19(12-20)4-5-22-21(39)7-10-40-16-55-41(13-26(45)54-17-41)25(40)8-11-42(22,40)52/h18-25,27-38,43-44,46-52H,4-17H2,1-3H3/t18-,19?,20-,21?,22?,23?,24?,25?,27?,28?,29?,30?,31?,32+,33-,34?,35-,36?,37?,38-,39-,40-,41?,42?/m0/s1. The highest BCUT2D eigenvalue weighted by Crippen LogP contribution is 2.73. The number of aliphatic hydroxyl groups excluding tert-OH is 8. The molecule has 0 bridgehead atoms. The summed E-state index contributed by atoms with van der Waals surface area (Å²) in [7, 11) is 1.39. The molecule has 4 saturated carbocycles. The average molecular weight is 875 g/mol. The Morgan fingerprint density at radius 2 is 1.38 bits per heavy atom. The van der Waals surface area contributed by atoms with Crippen LogP contribution in [0, 0.1) is 34.5 Å². The van der Waals surface area contributed by atoms with E-state index in [1.807, 2.05) is 0 Å². The van der Waals surface area contributed by atoms with Gasteiger partial charge in [-0.1, -0.05) is 6.92 Å². The summed E-state index contributed by atoms with van der Waals surface area (Å²) in [5.74, 6) is 0.717. The second-order valence-corrected chi connectivity index (χ2v) is 19.9. The van der Waals surface area contributed by atoms with E-state index in [-0.39, 0.29) is 47.8 Å². The average Bonchev–Trinajstić information content (AvgIpc) is 3.89. The molecule has 0 aromatic heterocycles. The highest BCUT2D eigenvalue weighted by molar-refractivity contribution is 5.73. The first-order valence-electron chi connectivity index (χ1n) is 22.3. The Hall–Kier alpha value is -1.21. The van der Waals surface area contributed by atoms with E-state index in [9.17, 15) is 50.8 Å². The number of carbonyl (C=O) groups excluding carboxylic acids is 1. The van der Waals surface area contributed by atoms with Crippen LogP contribution >= 0.6 is 0 Å². The van der Waals surface area contributed by atoms with Crippen LogP contribution in [0.15, 0.2) is 0 Å². The minimum Gasteiger partial charge on any atom is -0.462 e. The van der Waals surface area contributed by atoms with Gasteiger partial charge < -0.3 is 88.6 Å². The van der Waals surface area contributed by atoms with E-state index in [0.717, 1.165) is 57.8 Å². The molecule has 0 radical (unpaired) electrons. The van der Waals surface area contributed by atoms with E-state index >= 15 is 0 Å². The minimum absolute atomic E-state index is 0.00811. The van der Waals surface area contributed by atoms with E-state index in [2.05, 4.69) is 6.92 Å². The van der Waals surface area contributed by atoms with E-state index in [1.54, 1.807) is 6.92 Å². The number of esters is 1. The van der Waals surface area contributed by atoms with Gasteiger partial charge in [-0.25, -0.2) is 0 Å². The van der Waals surface area contributed by atoms with Crippen molar-refractivity contribution < 1.29 is 93.4 Å². The molecule has 9 fully saturated rings. The first-order chi connectivity index (χ1) is 29.0. The Morgan fingerprint density at radius 3 is 2.07 bits per heavy atom. The van der Waals surface area contributed by atoms with Crippen molar-refractivity contribution in [2.24, 2.45) is 34.5 Å². The third-order valence-electron chi connectivity index (χ3n) is 17.3. The lowest BCUT2D eigenvalue weighted by Crippen LogP contribution is -2.66. The quantitative estimate of drug-likeness (QED) is 0.0892. The summed E-state index contributed by atoms with van der Waals surface area (Å²) in [6.07, 6.45) is -13.7. The van der Waals surface area contributed by atoms with Gasteiger partial charge in [0.25, 0.3) is 0 Å². The van der Waals surface area contributed by atoms with E-state index in [0.29, 0.717) is 18.4 Å². The molecule has 5 saturated heterocycles. The van der Waals surface area contributed by atoms with Gasteiger partial charge >= 0.3 is 5.97 Å². The maximum atomic E-state index is 12.8. The Bertz CT molecular complexity index is 1590. The molecule has 61 heavy (non-hydrogen) atoms. The Morgan fingerprint density at radius 1 is 0.689 bits per heavy atom. The summed E-state index contributed by atoms with van der Waals surface area (Å²) in [5.41, 5.74) is -1.82. The van der Waals surface area contributed by atoms with E-state index in [4.69, 9.17) is 42.6 Å². The van der Waals surface area contributed by atoms with Crippen LogP contribution < -0.4 is 0 Å². The molecule has 9 aliphatic rings. The predicted octanol–water partition coefficient (Wildman–Crippen LogP) is -2.03. The smallest absolute Gasteiger partial charge is 0.308 e. The SMILES string of the molecule is CO[C@H]1[C@@H](O)[C@H](O[C@H]2CC[C@@]3(C)C(CCC4C3CC[C@]35COC6(COC(=O)C6)C3CCC45O)C2)O[C@@H](C)[C@@H]1OC1OC(CO)C(OC2OC(CO)C(O)C(O)C2O)C(O)C1O. The van der Waals surface area contributed by atoms with Crippen molar-refractivity contribution in [2.75, 3.05) is 33.5 Å². The Balaban J connectivity index is 0.814. The molecular weight excluding hydrogens is 808 g/mol. The van der Waals surface area contributed by atoms with Gasteiger partial charge in [0.05, 0.1) is 44.1 Å². The summed E-state index contributed by atoms with van der Waals surface area (Å²) in [6.45, 7) is 3.38. The normalized spacial score (nSPS) is 57.0. The van der Waals surface area contributed by atoms with Crippen LogP contribution in [-0.2, 0) is 47.4 Å². The Kier molecular flexibility index (Phi) is 12.2. The van der Waals surface area contributed by atoms with Crippen molar-refractivity contribution in [2.45, 2.75) is 187 Å². The molecule has 9 rings (SSSR count). The lowest BCUT2D eigenvalue weighted by molar-refractivity contribution is -0.380. The number of cyclic esters (lactones) is 1. The number of ether oxygens (including phenoxy) is 9. The van der Waals surface area contributed by atoms with Gasteiger partial charge in [-0.2, -0.15) is 0 Å². The van der Waals surface area contributed by atoms with Crippen LogP contribution in [-0.4, -0.2) is 195 Å². The van der Waals surface area contributed by atoms with Crippen LogP contribution in [0.4, 0.5) is 0 Å². The number of hydrogen-bond acceptors (Lipinski definition) is 19. The summed E-state index contributed by atoms with van der Waals surface area (Å²) in [6, 6.07) is 0. The summed E-state index contributed by atoms with van der Waals surface area (Å²) in [4.78, 5) is 12.2. The lowest BCUT2D eigenvalue weighted by Gasteiger charge is -2.63. The Labute approximate surface area is 354 Å². The predicted molar refractivity (Wildman–Crippen MR) is 203 cm³/mol. The zero-order valence-corrected chi connectivity index (χ0v) is 35.1. The number of methoxy groups -OCH3 is 1. The summed E-state index contributed by atoms with van der Waals surface area (Å²) >= 11 is 0. The van der Waals surface area contributed by atoms with E-state index in [1.165, 1.54) is 7.11 Å². The molecule has 5 heterocycles. The summed E-state index contributed by atoms with van der Waals surface area (Å²) in [5, 5.41) is 97.2. The minimum atomic E-state index is -1.81. The van der Waals surface area contributed by atoms with Gasteiger partial charge in [0.15, 0.2) is 18.9 Å². The molecular formula is C42H66O19. The highest BCUT2D eigenvalue weighted by Gasteiger charge is 2.76. The van der Waals surface area contributed by atoms with Crippen LogP contribution in [0.2, 0.25) is 0 Å². The number of carbonyl (C=O) groups is 1. The monoisotopic (exact) mass is 874 g/mol. The number of hydrogen-bond donors (Lipinski definition) is 9. The summed E-state index contributed by atoms with van der Waals surface area (Å²) < 4.78 is 53.4. The fourth-order valence-corrected chi connectivity index (χ4v) is 14.0. The second-order valence-electron chi connectivity index (χ2n) is 19.9. The van der Waals surface area contributed by atoms with Crippen molar-refractivity contribution >= 4 is 5.97 Å². The van der Waals surface area contributed by atoms with Gasteiger partial charge in [-0.15, -0.1) is 0 Å². The maximum Gasteiger partial charge on any atom is 0.308 e. The van der Waals surface area contributed by atoms with Gasteiger partial charge in [0.2, 0.25) is 0 Å². The van der Waals surface area contributed by atoms with Crippen molar-refractivity contribution in [1.29, 1.82) is 0 Å². The van der Waals surface area contributed by atoms with E-state index < -0.39 is 117 Å². The number of aliphatic hydroxyl groups is 9. The molecule has 0 amide bonds. The molecule has 19 nitrogen and oxygen atoms in total. The molecule has 16 unspecified atom stereocenters. The van der Waals surface area contributed by atoms with Gasteiger partial charge in [0.1, 0.15) is 79.4 Å². The number of fused-ring (bicyclic) bond motifs is 5. The molecule has 0 aromatic carbocycles. The maximum absolute atomic E-state index is 12.8. The van der Waals surface area contributed by atoms with Crippen LogP contribution in [0.1, 0.15) is 78.1 Å². The largest absolute Gasteiger partial charge is 0.462 e. The van der Waals surface area contributed by atoms with Gasteiger partial charge in [-0.3, -0.25) is 4.79 Å². The van der Waals surface area contributed by atoms with Gasteiger partial charge in [0, 0.05) is 18.4 Å². The fourth-order valence-electron chi connectivity index (χ4n) is 14.0. The van der Waals surface area contributed by atoms with Gasteiger partial charge in [-0.05, 0) is 87.9 Å². The zero-order chi connectivity index (χ0) is 43.4. The fraction of sp³-hybridized carbons (Fsp3) is 0.976. The molecule has 348 valence electrons. The van der Waals surface area contributed by atoms with Crippen LogP contribution in [0.25, 0.3) is 0 Å². The highest BCUT2D eigenvalue weighted by atomic mass is 16.8. The molecule has 0 aromatic rings. The molecule has 2 spiro atoms. The first-order valence-corrected chi connectivity index (χ1v) is 22.3. The molecule has 9 N–H and O–H groups in total. The van der Waals surface area contributed by atoms with Crippen molar-refractivity contribution in [3.8, 4) is 0 Å². The van der Waals surface area contributed by atoms with Crippen LogP contribution in [0.5, 0.6) is 0 Å². The van der Waals surface area contributed by atoms with Crippen molar-refractivity contribution in [3.63, 3.8) is 0 Å². The molecule has 19 heteroatoms. The number of rotatable bonds is 9. The van der Waals surface area contributed by atoms with Crippen molar-refractivity contribution in [1.82, 2.24) is 0 Å². The second kappa shape index (κ2) is 16.6. The van der Waals surface area contributed by atoms with Crippen LogP contribution in [0.3, 0.4) is 0 Å².